The molecule has 1 fully saturated rings. The number of halogens is 1. The van der Waals surface area contributed by atoms with Gasteiger partial charge in [0.25, 0.3) is 5.91 Å². The third-order valence-corrected chi connectivity index (χ3v) is 4.85. The number of benzene rings is 1. The van der Waals surface area contributed by atoms with Gasteiger partial charge in [0.15, 0.2) is 11.5 Å². The van der Waals surface area contributed by atoms with Crippen LogP contribution in [0.25, 0.3) is 0 Å². The van der Waals surface area contributed by atoms with Gasteiger partial charge in [0.2, 0.25) is 5.88 Å². The summed E-state index contributed by atoms with van der Waals surface area (Å²) in [6.45, 7) is 0.306. The van der Waals surface area contributed by atoms with Gasteiger partial charge in [-0.15, -0.1) is 0 Å². The summed E-state index contributed by atoms with van der Waals surface area (Å²) in [7, 11) is 3.00. The molecule has 1 aliphatic rings. The number of nitrogens with zero attached hydrogens (tertiary/aromatic N) is 1. The summed E-state index contributed by atoms with van der Waals surface area (Å²) in [5, 5.41) is 3.20. The maximum Gasteiger partial charge on any atom is 0.251 e. The van der Waals surface area contributed by atoms with Crippen LogP contribution in [0.5, 0.6) is 17.4 Å². The lowest BCUT2D eigenvalue weighted by molar-refractivity contribution is 0.0950. The maximum atomic E-state index is 12.6. The second-order valence-electron chi connectivity index (χ2n) is 6.37. The molecule has 0 bridgehead atoms. The molecule has 1 saturated carbocycles. The summed E-state index contributed by atoms with van der Waals surface area (Å²) in [5.74, 6) is 1.11. The van der Waals surface area contributed by atoms with Gasteiger partial charge in [-0.25, -0.2) is 4.98 Å². The first-order chi connectivity index (χ1) is 13.1. The van der Waals surface area contributed by atoms with Crippen molar-refractivity contribution in [3.8, 4) is 17.4 Å². The van der Waals surface area contributed by atoms with Gasteiger partial charge in [-0.05, 0) is 43.9 Å². The van der Waals surface area contributed by atoms with Gasteiger partial charge in [0.1, 0.15) is 6.10 Å². The Hall–Kier alpha value is -2.47. The van der Waals surface area contributed by atoms with Gasteiger partial charge in [0.05, 0.1) is 19.2 Å². The molecule has 0 aliphatic heterocycles. The van der Waals surface area contributed by atoms with Gasteiger partial charge >= 0.3 is 0 Å². The zero-order valence-electron chi connectivity index (χ0n) is 15.5. The van der Waals surface area contributed by atoms with Crippen LogP contribution in [-0.4, -0.2) is 31.2 Å². The number of carbonyl (C=O) groups is 1. The molecule has 1 aromatic heterocycles. The molecule has 0 unspecified atom stereocenters. The zero-order chi connectivity index (χ0) is 19.2. The van der Waals surface area contributed by atoms with E-state index in [9.17, 15) is 4.79 Å². The Kier molecular flexibility index (Phi) is 6.40. The third-order valence-electron chi connectivity index (χ3n) is 4.57. The number of hydrogen-bond donors (Lipinski definition) is 1. The van der Waals surface area contributed by atoms with Crippen molar-refractivity contribution in [1.29, 1.82) is 0 Å². The Morgan fingerprint density at radius 2 is 2.04 bits per heavy atom. The number of pyridine rings is 1. The number of hydrogen-bond acceptors (Lipinski definition) is 5. The average molecular weight is 391 g/mol. The Morgan fingerprint density at radius 1 is 1.26 bits per heavy atom. The molecule has 1 aromatic carbocycles. The number of ether oxygens (including phenoxy) is 3. The highest BCUT2D eigenvalue weighted by Gasteiger charge is 2.19. The highest BCUT2D eigenvalue weighted by atomic mass is 35.5. The third kappa shape index (κ3) is 4.63. The van der Waals surface area contributed by atoms with Crippen molar-refractivity contribution in [2.45, 2.75) is 38.3 Å². The monoisotopic (exact) mass is 390 g/mol. The van der Waals surface area contributed by atoms with Crippen LogP contribution in [0, 0.1) is 0 Å². The van der Waals surface area contributed by atoms with Crippen molar-refractivity contribution in [3.05, 3.63) is 46.6 Å². The van der Waals surface area contributed by atoms with Crippen molar-refractivity contribution >= 4 is 17.5 Å². The normalized spacial score (nSPS) is 14.0. The molecule has 7 heteroatoms. The van der Waals surface area contributed by atoms with E-state index in [0.29, 0.717) is 34.5 Å². The van der Waals surface area contributed by atoms with Gasteiger partial charge in [-0.1, -0.05) is 17.7 Å². The zero-order valence-corrected chi connectivity index (χ0v) is 16.2. The Bertz CT molecular complexity index is 807. The van der Waals surface area contributed by atoms with Crippen LogP contribution in [-0.2, 0) is 6.54 Å². The van der Waals surface area contributed by atoms with Crippen LogP contribution in [0.3, 0.4) is 0 Å². The first-order valence-corrected chi connectivity index (χ1v) is 9.30. The number of amides is 1. The summed E-state index contributed by atoms with van der Waals surface area (Å²) >= 11 is 6.18. The highest BCUT2D eigenvalue weighted by Crippen LogP contribution is 2.36. The number of rotatable bonds is 7. The van der Waals surface area contributed by atoms with E-state index in [1.807, 2.05) is 12.1 Å². The second kappa shape index (κ2) is 8.95. The Labute approximate surface area is 163 Å². The first-order valence-electron chi connectivity index (χ1n) is 8.92. The summed E-state index contributed by atoms with van der Waals surface area (Å²) < 4.78 is 16.5. The summed E-state index contributed by atoms with van der Waals surface area (Å²) in [6.07, 6.45) is 6.37. The van der Waals surface area contributed by atoms with Gasteiger partial charge in [-0.3, -0.25) is 4.79 Å². The molecule has 0 radical (unpaired) electrons. The predicted molar refractivity (Wildman–Crippen MR) is 103 cm³/mol. The largest absolute Gasteiger partial charge is 0.493 e. The lowest BCUT2D eigenvalue weighted by atomic mass is 10.1. The molecule has 27 heavy (non-hydrogen) atoms. The molecular weight excluding hydrogens is 368 g/mol. The fourth-order valence-electron chi connectivity index (χ4n) is 3.16. The minimum absolute atomic E-state index is 0.207. The lowest BCUT2D eigenvalue weighted by Crippen LogP contribution is -2.24. The molecule has 1 aliphatic carbocycles. The van der Waals surface area contributed by atoms with Gasteiger partial charge in [-0.2, -0.15) is 0 Å². The SMILES string of the molecule is COc1cc(C(=O)NCc2cccnc2OC2CCCC2)cc(Cl)c1OC. The number of carbonyl (C=O) groups excluding carboxylic acids is 1. The van der Waals surface area contributed by atoms with Crippen LogP contribution in [0.1, 0.15) is 41.6 Å². The molecule has 144 valence electrons. The number of methoxy groups -OCH3 is 2. The summed E-state index contributed by atoms with van der Waals surface area (Å²) in [6, 6.07) is 6.88. The minimum Gasteiger partial charge on any atom is -0.493 e. The predicted octanol–water partition coefficient (Wildman–Crippen LogP) is 4.00. The molecule has 0 saturated heterocycles. The molecule has 1 heterocycles. The van der Waals surface area contributed by atoms with E-state index in [1.54, 1.807) is 18.3 Å². The fraction of sp³-hybridized carbons (Fsp3) is 0.400. The lowest BCUT2D eigenvalue weighted by Gasteiger charge is -2.16. The van der Waals surface area contributed by atoms with Crippen molar-refractivity contribution in [2.24, 2.45) is 0 Å². The van der Waals surface area contributed by atoms with E-state index in [1.165, 1.54) is 27.1 Å². The highest BCUT2D eigenvalue weighted by molar-refractivity contribution is 6.32. The van der Waals surface area contributed by atoms with Crippen LogP contribution >= 0.6 is 11.6 Å². The summed E-state index contributed by atoms with van der Waals surface area (Å²) in [5.41, 5.74) is 1.23. The molecule has 0 atom stereocenters. The topological polar surface area (TPSA) is 69.7 Å². The molecule has 1 N–H and O–H groups in total. The summed E-state index contributed by atoms with van der Waals surface area (Å²) in [4.78, 5) is 16.9. The van der Waals surface area contributed by atoms with Crippen LogP contribution in [0.15, 0.2) is 30.5 Å². The molecule has 0 spiro atoms. The second-order valence-corrected chi connectivity index (χ2v) is 6.78. The van der Waals surface area contributed by atoms with E-state index in [-0.39, 0.29) is 12.0 Å². The number of aromatic nitrogens is 1. The van der Waals surface area contributed by atoms with Crippen LogP contribution in [0.2, 0.25) is 5.02 Å². The van der Waals surface area contributed by atoms with Crippen LogP contribution in [0.4, 0.5) is 0 Å². The van der Waals surface area contributed by atoms with Gasteiger partial charge < -0.3 is 19.5 Å². The molecular formula is C20H23ClN2O4. The van der Waals surface area contributed by atoms with E-state index >= 15 is 0 Å². The van der Waals surface area contributed by atoms with E-state index < -0.39 is 0 Å². The van der Waals surface area contributed by atoms with Crippen molar-refractivity contribution in [2.75, 3.05) is 14.2 Å². The minimum atomic E-state index is -0.270. The number of nitrogens with one attached hydrogen (secondary N) is 1. The van der Waals surface area contributed by atoms with Crippen LogP contribution < -0.4 is 19.5 Å². The quantitative estimate of drug-likeness (QED) is 0.773. The standard InChI is InChI=1S/C20H23ClN2O4/c1-25-17-11-14(10-16(21)18(17)26-2)19(24)23-12-13-6-5-9-22-20(13)27-15-7-3-4-8-15/h5-6,9-11,15H,3-4,7-8,12H2,1-2H3,(H,23,24). The molecule has 1 amide bonds. The Balaban J connectivity index is 1.70. The van der Waals surface area contributed by atoms with Crippen molar-refractivity contribution < 1.29 is 19.0 Å². The fourth-order valence-corrected chi connectivity index (χ4v) is 3.44. The van der Waals surface area contributed by atoms with E-state index in [4.69, 9.17) is 25.8 Å². The van der Waals surface area contributed by atoms with Gasteiger partial charge in [0, 0.05) is 23.9 Å². The van der Waals surface area contributed by atoms with E-state index in [2.05, 4.69) is 10.3 Å². The van der Waals surface area contributed by atoms with Crippen molar-refractivity contribution in [1.82, 2.24) is 10.3 Å². The van der Waals surface area contributed by atoms with E-state index in [0.717, 1.165) is 18.4 Å². The molecule has 3 rings (SSSR count). The smallest absolute Gasteiger partial charge is 0.251 e. The van der Waals surface area contributed by atoms with Crippen molar-refractivity contribution in [3.63, 3.8) is 0 Å². The Morgan fingerprint density at radius 3 is 2.74 bits per heavy atom. The molecule has 2 aromatic rings. The first kappa shape index (κ1) is 19.3. The average Bonchev–Trinajstić information content (AvgIpc) is 3.19. The maximum absolute atomic E-state index is 12.6. The molecule has 6 nitrogen and oxygen atoms in total.